The zero-order valence-electron chi connectivity index (χ0n) is 18.1. The highest BCUT2D eigenvalue weighted by atomic mass is 35.5. The number of benzene rings is 3. The van der Waals surface area contributed by atoms with E-state index < -0.39 is 17.7 Å². The molecular weight excluding hydrogens is 472 g/mol. The van der Waals surface area contributed by atoms with Crippen molar-refractivity contribution in [2.45, 2.75) is 13.0 Å². The van der Waals surface area contributed by atoms with Crippen LogP contribution in [0.4, 0.5) is 5.13 Å². The molecule has 5 rings (SSSR count). The lowest BCUT2D eigenvalue weighted by Gasteiger charge is -2.23. The standard InChI is InChI=1S/C26H19ClN2O4S/c1-2-33-18-13-9-15(10-14-18)22-21(23(30)16-7-11-17(27)12-8-16)24(31)25(32)29(22)26-28-19-5-3-4-6-20(19)34-26/h3-14,22,30H,2H2,1H3/t22-/m0/s1. The van der Waals surface area contributed by atoms with Crippen LogP contribution in [-0.2, 0) is 9.59 Å². The van der Waals surface area contributed by atoms with E-state index in [2.05, 4.69) is 4.98 Å². The molecule has 4 aromatic rings. The first-order valence-electron chi connectivity index (χ1n) is 10.6. The largest absolute Gasteiger partial charge is 0.507 e. The van der Waals surface area contributed by atoms with E-state index in [4.69, 9.17) is 16.3 Å². The minimum atomic E-state index is -0.855. The van der Waals surface area contributed by atoms with Gasteiger partial charge in [0.2, 0.25) is 0 Å². The predicted octanol–water partition coefficient (Wildman–Crippen LogP) is 5.97. The number of thiazole rings is 1. The molecule has 1 fully saturated rings. The zero-order valence-corrected chi connectivity index (χ0v) is 19.6. The summed E-state index contributed by atoms with van der Waals surface area (Å²) in [5.41, 5.74) is 1.77. The molecule has 1 aliphatic rings. The van der Waals surface area contributed by atoms with Gasteiger partial charge in [-0.1, -0.05) is 47.2 Å². The third kappa shape index (κ3) is 3.83. The molecular formula is C26H19ClN2O4S. The molecule has 170 valence electrons. The molecule has 0 unspecified atom stereocenters. The lowest BCUT2D eigenvalue weighted by atomic mass is 9.95. The van der Waals surface area contributed by atoms with Gasteiger partial charge in [-0.15, -0.1) is 0 Å². The maximum atomic E-state index is 13.3. The number of carbonyl (C=O) groups is 2. The van der Waals surface area contributed by atoms with Gasteiger partial charge in [0.05, 0.1) is 28.4 Å². The quantitative estimate of drug-likeness (QED) is 0.211. The van der Waals surface area contributed by atoms with E-state index in [1.165, 1.54) is 16.2 Å². The normalized spacial score (nSPS) is 17.5. The Labute approximate surface area is 204 Å². The summed E-state index contributed by atoms with van der Waals surface area (Å²) in [7, 11) is 0. The molecule has 8 heteroatoms. The van der Waals surface area contributed by atoms with Crippen molar-refractivity contribution in [3.05, 3.63) is 94.5 Å². The summed E-state index contributed by atoms with van der Waals surface area (Å²) >= 11 is 7.31. The Morgan fingerprint density at radius 2 is 1.76 bits per heavy atom. The summed E-state index contributed by atoms with van der Waals surface area (Å²) in [5, 5.41) is 12.1. The Bertz CT molecular complexity index is 1390. The highest BCUT2D eigenvalue weighted by Crippen LogP contribution is 2.44. The molecule has 0 radical (unpaired) electrons. The lowest BCUT2D eigenvalue weighted by molar-refractivity contribution is -0.132. The molecule has 2 heterocycles. The van der Waals surface area contributed by atoms with Gasteiger partial charge in [0.15, 0.2) is 5.13 Å². The average Bonchev–Trinajstić information content (AvgIpc) is 3.38. The number of aromatic nitrogens is 1. The fourth-order valence-corrected chi connectivity index (χ4v) is 5.10. The second kappa shape index (κ2) is 8.93. The van der Waals surface area contributed by atoms with Crippen molar-refractivity contribution in [2.24, 2.45) is 0 Å². The van der Waals surface area contributed by atoms with Gasteiger partial charge in [0.1, 0.15) is 11.5 Å². The first-order valence-corrected chi connectivity index (χ1v) is 11.8. The maximum Gasteiger partial charge on any atom is 0.301 e. The third-order valence-corrected chi connectivity index (χ3v) is 6.85. The number of fused-ring (bicyclic) bond motifs is 1. The van der Waals surface area contributed by atoms with E-state index in [1.54, 1.807) is 48.5 Å². The van der Waals surface area contributed by atoms with Crippen molar-refractivity contribution in [2.75, 3.05) is 11.5 Å². The second-order valence-electron chi connectivity index (χ2n) is 7.64. The molecule has 6 nitrogen and oxygen atoms in total. The molecule has 1 saturated heterocycles. The van der Waals surface area contributed by atoms with Crippen molar-refractivity contribution in [3.63, 3.8) is 0 Å². The van der Waals surface area contributed by atoms with E-state index in [0.29, 0.717) is 33.6 Å². The minimum absolute atomic E-state index is 0.00395. The van der Waals surface area contributed by atoms with Crippen LogP contribution >= 0.6 is 22.9 Å². The van der Waals surface area contributed by atoms with Crippen LogP contribution < -0.4 is 9.64 Å². The van der Waals surface area contributed by atoms with Crippen LogP contribution in [-0.4, -0.2) is 28.4 Å². The molecule has 1 N–H and O–H groups in total. The average molecular weight is 491 g/mol. The zero-order chi connectivity index (χ0) is 23.8. The molecule has 1 amide bonds. The smallest absolute Gasteiger partial charge is 0.301 e. The second-order valence-corrected chi connectivity index (χ2v) is 9.09. The minimum Gasteiger partial charge on any atom is -0.507 e. The van der Waals surface area contributed by atoms with Crippen molar-refractivity contribution in [3.8, 4) is 5.75 Å². The number of carbonyl (C=O) groups excluding carboxylic acids is 2. The molecule has 3 aromatic carbocycles. The third-order valence-electron chi connectivity index (χ3n) is 5.56. The molecule has 1 atom stereocenters. The van der Waals surface area contributed by atoms with E-state index in [9.17, 15) is 14.7 Å². The summed E-state index contributed by atoms with van der Waals surface area (Å²) < 4.78 is 6.43. The van der Waals surface area contributed by atoms with Crippen LogP contribution in [0, 0.1) is 0 Å². The van der Waals surface area contributed by atoms with Gasteiger partial charge in [-0.25, -0.2) is 4.98 Å². The number of halogens is 1. The van der Waals surface area contributed by atoms with E-state index in [1.807, 2.05) is 31.2 Å². The number of anilines is 1. The number of para-hydroxylation sites is 1. The number of nitrogens with zero attached hydrogens (tertiary/aromatic N) is 2. The van der Waals surface area contributed by atoms with Crippen molar-refractivity contribution in [1.29, 1.82) is 0 Å². The highest BCUT2D eigenvalue weighted by molar-refractivity contribution is 7.22. The highest BCUT2D eigenvalue weighted by Gasteiger charge is 2.48. The van der Waals surface area contributed by atoms with Crippen molar-refractivity contribution in [1.82, 2.24) is 4.98 Å². The van der Waals surface area contributed by atoms with Gasteiger partial charge in [0.25, 0.3) is 5.78 Å². The number of aliphatic hydroxyl groups is 1. The number of hydrogen-bond donors (Lipinski definition) is 1. The molecule has 0 saturated carbocycles. The Hall–Kier alpha value is -3.68. The van der Waals surface area contributed by atoms with Gasteiger partial charge in [-0.3, -0.25) is 14.5 Å². The number of Topliss-reactive ketones (excluding diaryl/α,β-unsaturated/α-hetero) is 1. The fourth-order valence-electron chi connectivity index (χ4n) is 3.98. The predicted molar refractivity (Wildman–Crippen MR) is 133 cm³/mol. The number of rotatable bonds is 5. The summed E-state index contributed by atoms with van der Waals surface area (Å²) in [4.78, 5) is 32.5. The van der Waals surface area contributed by atoms with Gasteiger partial charge >= 0.3 is 5.91 Å². The fraction of sp³-hybridized carbons (Fsp3) is 0.115. The number of ether oxygens (including phenoxy) is 1. The van der Waals surface area contributed by atoms with Gasteiger partial charge in [-0.05, 0) is 61.0 Å². The summed E-state index contributed by atoms with van der Waals surface area (Å²) in [6.07, 6.45) is 0. The topological polar surface area (TPSA) is 79.7 Å². The molecule has 1 aliphatic heterocycles. The SMILES string of the molecule is CCOc1ccc([C@H]2C(=C(O)c3ccc(Cl)cc3)C(=O)C(=O)N2c2nc3ccccc3s2)cc1. The Kier molecular flexibility index (Phi) is 5.81. The van der Waals surface area contributed by atoms with Gasteiger partial charge < -0.3 is 9.84 Å². The van der Waals surface area contributed by atoms with E-state index in [0.717, 1.165) is 10.2 Å². The van der Waals surface area contributed by atoms with Gasteiger partial charge in [0, 0.05) is 10.6 Å². The van der Waals surface area contributed by atoms with Crippen LogP contribution in [0.3, 0.4) is 0 Å². The number of ketones is 1. The summed E-state index contributed by atoms with van der Waals surface area (Å²) in [5.74, 6) is -1.11. The summed E-state index contributed by atoms with van der Waals surface area (Å²) in [6.45, 7) is 2.40. The molecule has 1 aromatic heterocycles. The first-order chi connectivity index (χ1) is 16.5. The molecule has 0 aliphatic carbocycles. The molecule has 34 heavy (non-hydrogen) atoms. The van der Waals surface area contributed by atoms with Crippen molar-refractivity contribution >= 4 is 55.7 Å². The van der Waals surface area contributed by atoms with Crippen LogP contribution in [0.25, 0.3) is 16.0 Å². The van der Waals surface area contributed by atoms with E-state index in [-0.39, 0.29) is 11.3 Å². The number of aliphatic hydroxyl groups excluding tert-OH is 1. The van der Waals surface area contributed by atoms with Crippen molar-refractivity contribution < 1.29 is 19.4 Å². The Morgan fingerprint density at radius 3 is 2.44 bits per heavy atom. The maximum absolute atomic E-state index is 13.3. The van der Waals surface area contributed by atoms with Crippen LogP contribution in [0.5, 0.6) is 5.75 Å². The monoisotopic (exact) mass is 490 g/mol. The van der Waals surface area contributed by atoms with Crippen LogP contribution in [0.2, 0.25) is 5.02 Å². The van der Waals surface area contributed by atoms with Gasteiger partial charge in [-0.2, -0.15) is 0 Å². The number of amides is 1. The first kappa shape index (κ1) is 22.1. The molecule has 0 bridgehead atoms. The summed E-state index contributed by atoms with van der Waals surface area (Å²) in [6, 6.07) is 20.2. The molecule has 0 spiro atoms. The van der Waals surface area contributed by atoms with E-state index >= 15 is 0 Å². The number of hydrogen-bond acceptors (Lipinski definition) is 6. The van der Waals surface area contributed by atoms with Crippen LogP contribution in [0.1, 0.15) is 24.1 Å². The Balaban J connectivity index is 1.70. The lowest BCUT2D eigenvalue weighted by Crippen LogP contribution is -2.29. The van der Waals surface area contributed by atoms with Crippen LogP contribution in [0.15, 0.2) is 78.4 Å². The Morgan fingerprint density at radius 1 is 1.06 bits per heavy atom.